The first kappa shape index (κ1) is 20.5. The topological polar surface area (TPSA) is 90.7 Å². The molecule has 1 aromatic heterocycles. The smallest absolute Gasteiger partial charge is 0.251 e. The molecule has 1 aliphatic heterocycles. The molecule has 0 unspecified atom stereocenters. The monoisotopic (exact) mass is 426 g/mol. The predicted octanol–water partition coefficient (Wildman–Crippen LogP) is 4.38. The Morgan fingerprint density at radius 3 is 2.73 bits per heavy atom. The summed E-state index contributed by atoms with van der Waals surface area (Å²) in [5.41, 5.74) is 8.16. The van der Waals surface area contributed by atoms with Crippen LogP contribution in [-0.4, -0.2) is 18.6 Å². The van der Waals surface area contributed by atoms with E-state index in [1.165, 1.54) is 17.4 Å². The van der Waals surface area contributed by atoms with Crippen molar-refractivity contribution in [3.05, 3.63) is 45.8 Å². The third-order valence-corrected chi connectivity index (χ3v) is 6.97. The van der Waals surface area contributed by atoms with Gasteiger partial charge in [-0.2, -0.15) is 0 Å². The number of hydrogen-bond donors (Lipinski definition) is 2. The number of nitrogens with one attached hydrogen (secondary N) is 1. The van der Waals surface area contributed by atoms with Crippen LogP contribution in [0.5, 0.6) is 11.5 Å². The van der Waals surface area contributed by atoms with Crippen molar-refractivity contribution in [2.24, 2.45) is 17.1 Å². The number of carbonyl (C=O) groups is 2. The van der Waals surface area contributed by atoms with E-state index in [1.807, 2.05) is 18.2 Å². The molecule has 0 fully saturated rings. The van der Waals surface area contributed by atoms with Crippen molar-refractivity contribution in [3.8, 4) is 11.5 Å². The molecule has 7 heteroatoms. The number of hydrogen-bond acceptors (Lipinski definition) is 5. The van der Waals surface area contributed by atoms with Crippen molar-refractivity contribution in [1.29, 1.82) is 0 Å². The molecule has 2 aromatic rings. The zero-order valence-corrected chi connectivity index (χ0v) is 18.2. The quantitative estimate of drug-likeness (QED) is 0.710. The first-order chi connectivity index (χ1) is 14.2. The fraction of sp³-hybridized carbons (Fsp3) is 0.391. The Hall–Kier alpha value is -2.80. The van der Waals surface area contributed by atoms with Gasteiger partial charge in [-0.05, 0) is 59.9 Å². The molecule has 3 N–H and O–H groups in total. The summed E-state index contributed by atoms with van der Waals surface area (Å²) >= 11 is 1.47. The number of benzene rings is 1. The Morgan fingerprint density at radius 2 is 2.00 bits per heavy atom. The zero-order chi connectivity index (χ0) is 21.5. The van der Waals surface area contributed by atoms with E-state index in [4.69, 9.17) is 15.2 Å². The van der Waals surface area contributed by atoms with Crippen molar-refractivity contribution in [2.45, 2.75) is 40.0 Å². The van der Waals surface area contributed by atoms with Gasteiger partial charge in [0.05, 0.1) is 5.56 Å². The van der Waals surface area contributed by atoms with Crippen LogP contribution >= 0.6 is 11.3 Å². The van der Waals surface area contributed by atoms with Crippen LogP contribution in [0.25, 0.3) is 6.08 Å². The number of ether oxygens (including phenoxy) is 2. The summed E-state index contributed by atoms with van der Waals surface area (Å²) in [6, 6.07) is 5.48. The highest BCUT2D eigenvalue weighted by Crippen LogP contribution is 2.44. The minimum atomic E-state index is -0.489. The average molecular weight is 427 g/mol. The summed E-state index contributed by atoms with van der Waals surface area (Å²) in [7, 11) is 0. The summed E-state index contributed by atoms with van der Waals surface area (Å²) < 4.78 is 10.7. The molecular formula is C23H26N2O4S. The molecule has 1 aromatic carbocycles. The maximum atomic E-state index is 12.5. The van der Waals surface area contributed by atoms with Crippen LogP contribution in [0.15, 0.2) is 24.3 Å². The van der Waals surface area contributed by atoms with Gasteiger partial charge in [-0.25, -0.2) is 0 Å². The van der Waals surface area contributed by atoms with Gasteiger partial charge in [0.25, 0.3) is 5.91 Å². The van der Waals surface area contributed by atoms with Gasteiger partial charge in [-0.15, -0.1) is 11.3 Å². The van der Waals surface area contributed by atoms with Gasteiger partial charge in [-0.1, -0.05) is 26.8 Å². The van der Waals surface area contributed by atoms with E-state index in [2.05, 4.69) is 26.1 Å². The second-order valence-electron chi connectivity index (χ2n) is 8.81. The van der Waals surface area contributed by atoms with E-state index < -0.39 is 5.91 Å². The molecule has 0 radical (unpaired) electrons. The summed E-state index contributed by atoms with van der Waals surface area (Å²) in [6.07, 6.45) is 5.88. The van der Waals surface area contributed by atoms with E-state index in [9.17, 15) is 9.59 Å². The molecule has 0 spiro atoms. The van der Waals surface area contributed by atoms with Crippen LogP contribution in [0, 0.1) is 11.3 Å². The average Bonchev–Trinajstić information content (AvgIpc) is 3.28. The van der Waals surface area contributed by atoms with Gasteiger partial charge in [0.15, 0.2) is 11.5 Å². The van der Waals surface area contributed by atoms with Crippen LogP contribution in [0.2, 0.25) is 0 Å². The molecule has 30 heavy (non-hydrogen) atoms. The molecule has 1 atom stereocenters. The molecule has 0 bridgehead atoms. The molecule has 6 nitrogen and oxygen atoms in total. The summed E-state index contributed by atoms with van der Waals surface area (Å²) in [5.74, 6) is 1.10. The number of carbonyl (C=O) groups excluding carboxylic acids is 2. The number of nitrogens with two attached hydrogens (primary N) is 1. The third-order valence-electron chi connectivity index (χ3n) is 5.80. The third kappa shape index (κ3) is 4.07. The Bertz CT molecular complexity index is 1030. The number of primary amides is 1. The van der Waals surface area contributed by atoms with Crippen molar-refractivity contribution in [1.82, 2.24) is 0 Å². The van der Waals surface area contributed by atoms with Crippen molar-refractivity contribution in [2.75, 3.05) is 12.1 Å². The molecular weight excluding hydrogens is 400 g/mol. The van der Waals surface area contributed by atoms with E-state index in [-0.39, 0.29) is 18.1 Å². The lowest BCUT2D eigenvalue weighted by molar-refractivity contribution is -0.111. The lowest BCUT2D eigenvalue weighted by Crippen LogP contribution is -2.27. The fourth-order valence-electron chi connectivity index (χ4n) is 4.02. The number of fused-ring (bicyclic) bond motifs is 2. The summed E-state index contributed by atoms with van der Waals surface area (Å²) in [4.78, 5) is 25.8. The molecule has 0 saturated carbocycles. The van der Waals surface area contributed by atoms with Crippen molar-refractivity contribution < 1.29 is 19.1 Å². The van der Waals surface area contributed by atoms with Gasteiger partial charge < -0.3 is 20.5 Å². The van der Waals surface area contributed by atoms with Crippen molar-refractivity contribution >= 4 is 34.2 Å². The number of thiophene rings is 1. The largest absolute Gasteiger partial charge is 0.454 e. The normalized spacial score (nSPS) is 17.8. The number of rotatable bonds is 4. The molecule has 4 rings (SSSR count). The van der Waals surface area contributed by atoms with E-state index >= 15 is 0 Å². The SMILES string of the molecule is CC(C)(C)[C@@H]1CCc2c(sc(NC(=O)/C=C\c3ccc4c(c3)OCO4)c2C(N)=O)C1. The Balaban J connectivity index is 1.52. The van der Waals surface area contributed by atoms with Gasteiger partial charge >= 0.3 is 0 Å². The first-order valence-corrected chi connectivity index (χ1v) is 10.9. The molecule has 158 valence electrons. The summed E-state index contributed by atoms with van der Waals surface area (Å²) in [5, 5.41) is 3.41. The molecule has 2 aliphatic rings. The minimum Gasteiger partial charge on any atom is -0.454 e. The highest BCUT2D eigenvalue weighted by Gasteiger charge is 2.33. The molecule has 0 saturated heterocycles. The highest BCUT2D eigenvalue weighted by molar-refractivity contribution is 7.17. The van der Waals surface area contributed by atoms with Crippen LogP contribution < -0.4 is 20.5 Å². The van der Waals surface area contributed by atoms with Crippen molar-refractivity contribution in [3.63, 3.8) is 0 Å². The van der Waals surface area contributed by atoms with Gasteiger partial charge in [0.2, 0.25) is 12.7 Å². The maximum Gasteiger partial charge on any atom is 0.251 e. The molecule has 2 amide bonds. The van der Waals surface area contributed by atoms with E-state index in [0.717, 1.165) is 35.3 Å². The second-order valence-corrected chi connectivity index (χ2v) is 9.92. The van der Waals surface area contributed by atoms with Gasteiger partial charge in [0.1, 0.15) is 5.00 Å². The van der Waals surface area contributed by atoms with E-state index in [1.54, 1.807) is 6.08 Å². The molecule has 1 aliphatic carbocycles. The van der Waals surface area contributed by atoms with Crippen LogP contribution in [0.1, 0.15) is 53.6 Å². The maximum absolute atomic E-state index is 12.5. The van der Waals surface area contributed by atoms with E-state index in [0.29, 0.717) is 28.0 Å². The Labute approximate surface area is 180 Å². The van der Waals surface area contributed by atoms with Gasteiger partial charge in [-0.3, -0.25) is 9.59 Å². The first-order valence-electron chi connectivity index (χ1n) is 10.1. The lowest BCUT2D eigenvalue weighted by Gasteiger charge is -2.33. The predicted molar refractivity (Wildman–Crippen MR) is 118 cm³/mol. The zero-order valence-electron chi connectivity index (χ0n) is 17.4. The Kier molecular flexibility index (Phi) is 5.32. The lowest BCUT2D eigenvalue weighted by atomic mass is 9.72. The Morgan fingerprint density at radius 1 is 1.23 bits per heavy atom. The highest BCUT2D eigenvalue weighted by atomic mass is 32.1. The minimum absolute atomic E-state index is 0.200. The molecule has 2 heterocycles. The van der Waals surface area contributed by atoms with Crippen LogP contribution in [-0.2, 0) is 17.6 Å². The second kappa shape index (κ2) is 7.80. The van der Waals surface area contributed by atoms with Gasteiger partial charge in [0, 0.05) is 11.0 Å². The summed E-state index contributed by atoms with van der Waals surface area (Å²) in [6.45, 7) is 6.94. The van der Waals surface area contributed by atoms with Crippen LogP contribution in [0.4, 0.5) is 5.00 Å². The number of amides is 2. The standard InChI is InChI=1S/C23H26N2O4S/c1-23(2,3)14-6-7-15-18(11-14)30-22(20(15)21(24)27)25-19(26)9-5-13-4-8-16-17(10-13)29-12-28-16/h4-5,8-10,14H,6-7,11-12H2,1-3H3,(H2,24,27)(H,25,26)/b9-5-/t14-/m1/s1. The number of anilines is 1. The van der Waals surface area contributed by atoms with Crippen LogP contribution in [0.3, 0.4) is 0 Å². The fourth-order valence-corrected chi connectivity index (χ4v) is 5.35.